The maximum atomic E-state index is 4.42. The summed E-state index contributed by atoms with van der Waals surface area (Å²) in [6.45, 7) is 10.4. The summed E-state index contributed by atoms with van der Waals surface area (Å²) in [7, 11) is 2.07. The molecule has 1 heterocycles. The van der Waals surface area contributed by atoms with Crippen LogP contribution in [0.5, 0.6) is 0 Å². The lowest BCUT2D eigenvalue weighted by Crippen LogP contribution is -2.34. The first-order valence-corrected chi connectivity index (χ1v) is 7.98. The number of hydrogen-bond donors (Lipinski definition) is 1. The van der Waals surface area contributed by atoms with E-state index in [-0.39, 0.29) is 0 Å². The first-order chi connectivity index (χ1) is 9.41. The summed E-state index contributed by atoms with van der Waals surface area (Å²) >= 11 is 0. The van der Waals surface area contributed by atoms with Crippen LogP contribution in [0.1, 0.15) is 57.1 Å². The number of pyridine rings is 1. The van der Waals surface area contributed by atoms with Gasteiger partial charge in [-0.3, -0.25) is 4.98 Å². The number of rotatable bonds is 3. The number of aromatic nitrogens is 1. The van der Waals surface area contributed by atoms with Crippen molar-refractivity contribution >= 4 is 0 Å². The molecule has 0 amide bonds. The van der Waals surface area contributed by atoms with E-state index in [1.165, 1.54) is 30.4 Å². The van der Waals surface area contributed by atoms with Gasteiger partial charge in [0.2, 0.25) is 0 Å². The molecule has 2 nitrogen and oxygen atoms in total. The molecular weight excluding hydrogens is 244 g/mol. The lowest BCUT2D eigenvalue weighted by Gasteiger charge is -2.42. The van der Waals surface area contributed by atoms with Crippen molar-refractivity contribution in [3.05, 3.63) is 29.6 Å². The van der Waals surface area contributed by atoms with Gasteiger partial charge in [-0.15, -0.1) is 0 Å². The fourth-order valence-corrected chi connectivity index (χ4v) is 3.72. The second-order valence-electron chi connectivity index (χ2n) is 7.60. The summed E-state index contributed by atoms with van der Waals surface area (Å²) < 4.78 is 0. The van der Waals surface area contributed by atoms with Crippen LogP contribution < -0.4 is 5.32 Å². The Balaban J connectivity index is 2.23. The third-order valence-corrected chi connectivity index (χ3v) is 5.01. The summed E-state index contributed by atoms with van der Waals surface area (Å²) in [5.74, 6) is 2.23. The van der Waals surface area contributed by atoms with Gasteiger partial charge < -0.3 is 5.32 Å². The minimum atomic E-state index is 0.417. The number of nitrogens with one attached hydrogen (secondary N) is 1. The molecule has 2 heteroatoms. The Labute approximate surface area is 124 Å². The zero-order chi connectivity index (χ0) is 14.8. The summed E-state index contributed by atoms with van der Waals surface area (Å²) in [6.07, 6.45) is 8.06. The van der Waals surface area contributed by atoms with Crippen molar-refractivity contribution in [2.75, 3.05) is 13.6 Å². The molecule has 1 saturated carbocycles. The van der Waals surface area contributed by atoms with Crippen LogP contribution in [-0.2, 0) is 0 Å². The Morgan fingerprint density at radius 1 is 1.25 bits per heavy atom. The average Bonchev–Trinajstić information content (AvgIpc) is 2.38. The fraction of sp³-hybridized carbons (Fsp3) is 0.722. The highest BCUT2D eigenvalue weighted by Gasteiger charge is 2.36. The van der Waals surface area contributed by atoms with Crippen molar-refractivity contribution < 1.29 is 0 Å². The topological polar surface area (TPSA) is 24.9 Å². The van der Waals surface area contributed by atoms with E-state index in [1.807, 2.05) is 6.20 Å². The van der Waals surface area contributed by atoms with Crippen LogP contribution in [0.25, 0.3) is 0 Å². The first-order valence-electron chi connectivity index (χ1n) is 7.98. The normalized spacial score (nSPS) is 27.6. The van der Waals surface area contributed by atoms with Crippen molar-refractivity contribution in [2.24, 2.45) is 17.3 Å². The number of aryl methyl sites for hydroxylation is 1. The Morgan fingerprint density at radius 3 is 2.60 bits per heavy atom. The van der Waals surface area contributed by atoms with Crippen molar-refractivity contribution in [1.29, 1.82) is 0 Å². The molecule has 1 N–H and O–H groups in total. The van der Waals surface area contributed by atoms with Gasteiger partial charge in [0.25, 0.3) is 0 Å². The Kier molecular flexibility index (Phi) is 4.85. The van der Waals surface area contributed by atoms with Crippen LogP contribution in [0.2, 0.25) is 0 Å². The van der Waals surface area contributed by atoms with Crippen LogP contribution >= 0.6 is 0 Å². The van der Waals surface area contributed by atoms with Crippen molar-refractivity contribution in [3.8, 4) is 0 Å². The molecule has 1 aliphatic rings. The lowest BCUT2D eigenvalue weighted by molar-refractivity contribution is 0.130. The van der Waals surface area contributed by atoms with Crippen LogP contribution in [0, 0.1) is 24.2 Å². The molecule has 112 valence electrons. The maximum absolute atomic E-state index is 4.42. The highest BCUT2D eigenvalue weighted by Crippen LogP contribution is 2.46. The SMILES string of the molecule is CNCC1CCC(C(C)(C)C)CC1c1cncc(C)c1. The quantitative estimate of drug-likeness (QED) is 0.895. The molecule has 3 atom stereocenters. The zero-order valence-corrected chi connectivity index (χ0v) is 13.7. The van der Waals surface area contributed by atoms with Gasteiger partial charge in [-0.25, -0.2) is 0 Å². The van der Waals surface area contributed by atoms with Crippen LogP contribution in [0.4, 0.5) is 0 Å². The molecule has 0 aromatic carbocycles. The summed E-state index contributed by atoms with van der Waals surface area (Å²) in [6, 6.07) is 2.34. The van der Waals surface area contributed by atoms with E-state index in [0.717, 1.165) is 18.4 Å². The molecular formula is C18H30N2. The molecule has 1 aromatic rings. The minimum Gasteiger partial charge on any atom is -0.319 e. The monoisotopic (exact) mass is 274 g/mol. The van der Waals surface area contributed by atoms with Crippen LogP contribution in [0.15, 0.2) is 18.5 Å². The standard InChI is InChI=1S/C18H30N2/c1-13-8-15(12-20-10-13)17-9-16(18(2,3)4)7-6-14(17)11-19-5/h8,10,12,14,16-17,19H,6-7,9,11H2,1-5H3. The van der Waals surface area contributed by atoms with Gasteiger partial charge in [0.15, 0.2) is 0 Å². The van der Waals surface area contributed by atoms with Gasteiger partial charge in [-0.05, 0) is 74.1 Å². The number of nitrogens with zero attached hydrogens (tertiary/aromatic N) is 1. The minimum absolute atomic E-state index is 0.417. The van der Waals surface area contributed by atoms with Crippen LogP contribution in [-0.4, -0.2) is 18.6 Å². The third-order valence-electron chi connectivity index (χ3n) is 5.01. The van der Waals surface area contributed by atoms with Gasteiger partial charge in [0, 0.05) is 12.4 Å². The fourth-order valence-electron chi connectivity index (χ4n) is 3.72. The van der Waals surface area contributed by atoms with Gasteiger partial charge in [-0.1, -0.05) is 26.8 Å². The van der Waals surface area contributed by atoms with Crippen molar-refractivity contribution in [1.82, 2.24) is 10.3 Å². The van der Waals surface area contributed by atoms with E-state index >= 15 is 0 Å². The Bertz CT molecular complexity index is 433. The molecule has 0 aliphatic heterocycles. The largest absolute Gasteiger partial charge is 0.319 e. The second kappa shape index (κ2) is 6.26. The molecule has 1 aliphatic carbocycles. The molecule has 0 saturated heterocycles. The third kappa shape index (κ3) is 3.60. The molecule has 3 unspecified atom stereocenters. The van der Waals surface area contributed by atoms with E-state index in [4.69, 9.17) is 0 Å². The predicted molar refractivity (Wildman–Crippen MR) is 85.9 cm³/mol. The van der Waals surface area contributed by atoms with Gasteiger partial charge in [0.05, 0.1) is 0 Å². The van der Waals surface area contributed by atoms with Gasteiger partial charge >= 0.3 is 0 Å². The lowest BCUT2D eigenvalue weighted by atomic mass is 9.64. The Hall–Kier alpha value is -0.890. The maximum Gasteiger partial charge on any atom is 0.0303 e. The van der Waals surface area contributed by atoms with Crippen LogP contribution in [0.3, 0.4) is 0 Å². The second-order valence-corrected chi connectivity index (χ2v) is 7.60. The van der Waals surface area contributed by atoms with E-state index in [9.17, 15) is 0 Å². The van der Waals surface area contributed by atoms with Crippen molar-refractivity contribution in [2.45, 2.75) is 52.9 Å². The molecule has 0 bridgehead atoms. The van der Waals surface area contributed by atoms with Gasteiger partial charge in [0.1, 0.15) is 0 Å². The van der Waals surface area contributed by atoms with E-state index in [0.29, 0.717) is 11.3 Å². The molecule has 2 rings (SSSR count). The molecule has 1 fully saturated rings. The average molecular weight is 274 g/mol. The smallest absolute Gasteiger partial charge is 0.0303 e. The Morgan fingerprint density at radius 2 is 2.00 bits per heavy atom. The summed E-state index contributed by atoms with van der Waals surface area (Å²) in [5.41, 5.74) is 3.14. The van der Waals surface area contributed by atoms with Crippen molar-refractivity contribution in [3.63, 3.8) is 0 Å². The predicted octanol–water partition coefficient (Wildman–Crippen LogP) is 4.16. The summed E-state index contributed by atoms with van der Waals surface area (Å²) in [4.78, 5) is 4.42. The molecule has 0 radical (unpaired) electrons. The zero-order valence-electron chi connectivity index (χ0n) is 13.7. The molecule has 0 spiro atoms. The highest BCUT2D eigenvalue weighted by atomic mass is 14.8. The van der Waals surface area contributed by atoms with E-state index in [2.05, 4.69) is 57.3 Å². The van der Waals surface area contributed by atoms with E-state index in [1.54, 1.807) is 0 Å². The highest BCUT2D eigenvalue weighted by molar-refractivity contribution is 5.22. The summed E-state index contributed by atoms with van der Waals surface area (Å²) in [5, 5.41) is 3.38. The first kappa shape index (κ1) is 15.5. The van der Waals surface area contributed by atoms with E-state index < -0.39 is 0 Å². The molecule has 1 aromatic heterocycles. The molecule has 20 heavy (non-hydrogen) atoms. The number of hydrogen-bond acceptors (Lipinski definition) is 2. The van der Waals surface area contributed by atoms with Gasteiger partial charge in [-0.2, -0.15) is 0 Å².